The molecule has 1 amide bonds. The maximum atomic E-state index is 13.6. The molecule has 5 heteroatoms. The van der Waals surface area contributed by atoms with Gasteiger partial charge in [0.25, 0.3) is 0 Å². The number of hydrogen-bond donors (Lipinski definition) is 2. The summed E-state index contributed by atoms with van der Waals surface area (Å²) < 4.78 is 18.7. The highest BCUT2D eigenvalue weighted by Gasteiger charge is 2.14. The van der Waals surface area contributed by atoms with E-state index in [-0.39, 0.29) is 12.4 Å². The van der Waals surface area contributed by atoms with Gasteiger partial charge in [-0.1, -0.05) is 12.2 Å². The second kappa shape index (κ2) is 6.41. The predicted octanol–water partition coefficient (Wildman–Crippen LogP) is 3.25. The zero-order valence-electron chi connectivity index (χ0n) is 12.3. The third kappa shape index (κ3) is 5.30. The average molecular weight is 280 g/mol. The third-order valence-corrected chi connectivity index (χ3v) is 2.45. The van der Waals surface area contributed by atoms with Crippen LogP contribution < -0.4 is 11.1 Å². The number of nitrogens with two attached hydrogens (primary N) is 1. The van der Waals surface area contributed by atoms with Gasteiger partial charge in [-0.3, -0.25) is 0 Å². The summed E-state index contributed by atoms with van der Waals surface area (Å²) in [5.74, 6) is -0.387. The SMILES string of the molecule is Cc1cc(C=CCNC(=O)OC(C)(C)C)c(F)cc1N. The van der Waals surface area contributed by atoms with E-state index < -0.39 is 11.7 Å². The van der Waals surface area contributed by atoms with E-state index in [1.165, 1.54) is 6.07 Å². The van der Waals surface area contributed by atoms with Crippen molar-refractivity contribution in [2.45, 2.75) is 33.3 Å². The van der Waals surface area contributed by atoms with Crippen molar-refractivity contribution in [2.75, 3.05) is 12.3 Å². The van der Waals surface area contributed by atoms with Crippen LogP contribution in [-0.2, 0) is 4.74 Å². The van der Waals surface area contributed by atoms with Gasteiger partial charge in [-0.05, 0) is 45.4 Å². The van der Waals surface area contributed by atoms with Gasteiger partial charge in [0, 0.05) is 17.8 Å². The Kier molecular flexibility index (Phi) is 5.13. The molecule has 0 spiro atoms. The van der Waals surface area contributed by atoms with Gasteiger partial charge in [0.05, 0.1) is 0 Å². The number of hydrogen-bond acceptors (Lipinski definition) is 3. The predicted molar refractivity (Wildman–Crippen MR) is 78.8 cm³/mol. The Hall–Kier alpha value is -2.04. The van der Waals surface area contributed by atoms with E-state index in [4.69, 9.17) is 10.5 Å². The molecule has 0 saturated carbocycles. The van der Waals surface area contributed by atoms with Gasteiger partial charge in [0.15, 0.2) is 0 Å². The minimum atomic E-state index is -0.534. The van der Waals surface area contributed by atoms with Crippen LogP contribution in [0.25, 0.3) is 6.08 Å². The van der Waals surface area contributed by atoms with Crippen LogP contribution in [-0.4, -0.2) is 18.2 Å². The van der Waals surface area contributed by atoms with Gasteiger partial charge in [0.2, 0.25) is 0 Å². The number of carbonyl (C=O) groups excluding carboxylic acids is 1. The first-order valence-corrected chi connectivity index (χ1v) is 6.38. The number of nitrogen functional groups attached to an aromatic ring is 1. The van der Waals surface area contributed by atoms with Gasteiger partial charge in [-0.15, -0.1) is 0 Å². The number of nitrogens with one attached hydrogen (secondary N) is 1. The fourth-order valence-corrected chi connectivity index (χ4v) is 1.49. The zero-order valence-corrected chi connectivity index (χ0v) is 12.3. The molecular formula is C15H21FN2O2. The molecule has 0 radical (unpaired) electrons. The van der Waals surface area contributed by atoms with Crippen LogP contribution in [0, 0.1) is 12.7 Å². The van der Waals surface area contributed by atoms with Crippen molar-refractivity contribution in [3.05, 3.63) is 35.2 Å². The molecule has 0 aliphatic heterocycles. The lowest BCUT2D eigenvalue weighted by atomic mass is 10.1. The number of aryl methyl sites for hydroxylation is 1. The van der Waals surface area contributed by atoms with E-state index in [1.54, 1.807) is 39.0 Å². The van der Waals surface area contributed by atoms with Crippen LogP contribution in [0.3, 0.4) is 0 Å². The van der Waals surface area contributed by atoms with Crippen molar-refractivity contribution in [3.63, 3.8) is 0 Å². The van der Waals surface area contributed by atoms with E-state index in [0.717, 1.165) is 5.56 Å². The Labute approximate surface area is 118 Å². The summed E-state index contributed by atoms with van der Waals surface area (Å²) in [6, 6.07) is 2.95. The lowest BCUT2D eigenvalue weighted by Crippen LogP contribution is -2.32. The van der Waals surface area contributed by atoms with Crippen molar-refractivity contribution in [1.29, 1.82) is 0 Å². The summed E-state index contributed by atoms with van der Waals surface area (Å²) in [6.45, 7) is 7.43. The lowest BCUT2D eigenvalue weighted by molar-refractivity contribution is 0.0534. The summed E-state index contributed by atoms with van der Waals surface area (Å²) >= 11 is 0. The second-order valence-corrected chi connectivity index (χ2v) is 5.52. The van der Waals surface area contributed by atoms with E-state index in [2.05, 4.69) is 5.32 Å². The second-order valence-electron chi connectivity index (χ2n) is 5.52. The molecule has 0 fully saturated rings. The average Bonchev–Trinajstić information content (AvgIpc) is 2.28. The number of ether oxygens (including phenoxy) is 1. The van der Waals surface area contributed by atoms with Crippen LogP contribution in [0.15, 0.2) is 18.2 Å². The molecule has 1 rings (SSSR count). The topological polar surface area (TPSA) is 64.3 Å². The fourth-order valence-electron chi connectivity index (χ4n) is 1.49. The summed E-state index contributed by atoms with van der Waals surface area (Å²) in [7, 11) is 0. The molecule has 0 aliphatic carbocycles. The van der Waals surface area contributed by atoms with Crippen LogP contribution in [0.4, 0.5) is 14.9 Å². The van der Waals surface area contributed by atoms with E-state index in [1.807, 2.05) is 6.92 Å². The number of rotatable bonds is 3. The van der Waals surface area contributed by atoms with Gasteiger partial charge >= 0.3 is 6.09 Å². The molecule has 1 aromatic carbocycles. The van der Waals surface area contributed by atoms with E-state index in [0.29, 0.717) is 11.3 Å². The molecule has 3 N–H and O–H groups in total. The van der Waals surface area contributed by atoms with E-state index >= 15 is 0 Å². The Morgan fingerprint density at radius 2 is 2.10 bits per heavy atom. The van der Waals surface area contributed by atoms with Gasteiger partial charge in [0.1, 0.15) is 11.4 Å². The Balaban J connectivity index is 2.54. The highest BCUT2D eigenvalue weighted by atomic mass is 19.1. The van der Waals surface area contributed by atoms with Crippen LogP contribution in [0.5, 0.6) is 0 Å². The standard InChI is InChI=1S/C15H21FN2O2/c1-10-8-11(12(16)9-13(10)17)6-5-7-18-14(19)20-15(2,3)4/h5-6,8-9H,7,17H2,1-4H3,(H,18,19). The molecule has 0 aliphatic rings. The molecule has 0 heterocycles. The van der Waals surface area contributed by atoms with Crippen molar-refractivity contribution in [1.82, 2.24) is 5.32 Å². The first-order valence-electron chi connectivity index (χ1n) is 6.38. The molecule has 0 bridgehead atoms. The number of halogens is 1. The lowest BCUT2D eigenvalue weighted by Gasteiger charge is -2.19. The van der Waals surface area contributed by atoms with Gasteiger partial charge < -0.3 is 15.8 Å². The Morgan fingerprint density at radius 3 is 2.70 bits per heavy atom. The van der Waals surface area contributed by atoms with Gasteiger partial charge in [-0.2, -0.15) is 0 Å². The number of alkyl carbamates (subject to hydrolysis) is 1. The molecule has 20 heavy (non-hydrogen) atoms. The largest absolute Gasteiger partial charge is 0.444 e. The zero-order chi connectivity index (χ0) is 15.3. The monoisotopic (exact) mass is 280 g/mol. The number of carbonyl (C=O) groups is 1. The Bertz CT molecular complexity index is 519. The molecule has 1 aromatic rings. The van der Waals surface area contributed by atoms with Gasteiger partial charge in [-0.25, -0.2) is 9.18 Å². The fraction of sp³-hybridized carbons (Fsp3) is 0.400. The first-order chi connectivity index (χ1) is 9.19. The van der Waals surface area contributed by atoms with Crippen molar-refractivity contribution < 1.29 is 13.9 Å². The van der Waals surface area contributed by atoms with E-state index in [9.17, 15) is 9.18 Å². The Morgan fingerprint density at radius 1 is 1.45 bits per heavy atom. The highest BCUT2D eigenvalue weighted by molar-refractivity contribution is 5.68. The number of benzene rings is 1. The summed E-state index contributed by atoms with van der Waals surface area (Å²) in [6.07, 6.45) is 2.74. The molecule has 0 unspecified atom stereocenters. The molecule has 0 saturated heterocycles. The van der Waals surface area contributed by atoms with Crippen LogP contribution in [0.2, 0.25) is 0 Å². The van der Waals surface area contributed by atoms with Crippen molar-refractivity contribution in [3.8, 4) is 0 Å². The van der Waals surface area contributed by atoms with Crippen LogP contribution in [0.1, 0.15) is 31.9 Å². The molecule has 0 aromatic heterocycles. The molecular weight excluding hydrogens is 259 g/mol. The quantitative estimate of drug-likeness (QED) is 0.835. The maximum Gasteiger partial charge on any atom is 0.407 e. The smallest absolute Gasteiger partial charge is 0.407 e. The molecule has 4 nitrogen and oxygen atoms in total. The summed E-state index contributed by atoms with van der Waals surface area (Å²) in [4.78, 5) is 11.4. The minimum Gasteiger partial charge on any atom is -0.444 e. The summed E-state index contributed by atoms with van der Waals surface area (Å²) in [5.41, 5.74) is 6.74. The summed E-state index contributed by atoms with van der Waals surface area (Å²) in [5, 5.41) is 2.56. The number of amides is 1. The van der Waals surface area contributed by atoms with Crippen molar-refractivity contribution >= 4 is 17.9 Å². The molecule has 0 atom stereocenters. The third-order valence-electron chi connectivity index (χ3n) is 2.45. The van der Waals surface area contributed by atoms with Crippen LogP contribution >= 0.6 is 0 Å². The van der Waals surface area contributed by atoms with Crippen molar-refractivity contribution in [2.24, 2.45) is 0 Å². The molecule has 110 valence electrons. The normalized spacial score (nSPS) is 11.7. The first kappa shape index (κ1) is 16.0. The number of anilines is 1. The minimum absolute atomic E-state index is 0.262. The highest BCUT2D eigenvalue weighted by Crippen LogP contribution is 2.18. The maximum absolute atomic E-state index is 13.6.